The second-order valence-electron chi connectivity index (χ2n) is 5.05. The Labute approximate surface area is 131 Å². The van der Waals surface area contributed by atoms with Gasteiger partial charge < -0.3 is 15.8 Å². The van der Waals surface area contributed by atoms with Crippen LogP contribution in [-0.2, 0) is 6.42 Å². The Hall–Kier alpha value is -2.40. The lowest BCUT2D eigenvalue weighted by atomic mass is 10.2. The molecule has 0 fully saturated rings. The van der Waals surface area contributed by atoms with Crippen LogP contribution in [0.4, 0.5) is 0 Å². The molecular formula is C17H22N4O. The Balaban J connectivity index is 1.76. The molecule has 0 aliphatic rings. The number of aromatic nitrogens is 2. The van der Waals surface area contributed by atoms with Gasteiger partial charge in [0.2, 0.25) is 0 Å². The first-order chi connectivity index (χ1) is 10.7. The summed E-state index contributed by atoms with van der Waals surface area (Å²) in [6.45, 7) is 7.06. The van der Waals surface area contributed by atoms with E-state index in [1.165, 1.54) is 0 Å². The third-order valence-corrected chi connectivity index (χ3v) is 3.23. The van der Waals surface area contributed by atoms with E-state index in [2.05, 4.69) is 28.8 Å². The molecule has 0 amide bonds. The predicted molar refractivity (Wildman–Crippen MR) is 88.4 cm³/mol. The molecule has 2 aromatic heterocycles. The van der Waals surface area contributed by atoms with Gasteiger partial charge in [-0.2, -0.15) is 0 Å². The third kappa shape index (κ3) is 4.86. The molecule has 0 aromatic carbocycles. The Morgan fingerprint density at radius 1 is 1.36 bits per heavy atom. The van der Waals surface area contributed by atoms with Gasteiger partial charge >= 0.3 is 0 Å². The Morgan fingerprint density at radius 3 is 2.95 bits per heavy atom. The average molecular weight is 298 g/mol. The van der Waals surface area contributed by atoms with Gasteiger partial charge in [-0.15, -0.1) is 0 Å². The quantitative estimate of drug-likeness (QED) is 0.780. The minimum absolute atomic E-state index is 0.140. The molecular weight excluding hydrogens is 276 g/mol. The van der Waals surface area contributed by atoms with Crippen LogP contribution in [0.5, 0.6) is 5.75 Å². The zero-order valence-electron chi connectivity index (χ0n) is 12.8. The maximum absolute atomic E-state index is 6.05. The van der Waals surface area contributed by atoms with Crippen LogP contribution in [0.25, 0.3) is 5.70 Å². The van der Waals surface area contributed by atoms with Gasteiger partial charge in [-0.1, -0.05) is 13.5 Å². The summed E-state index contributed by atoms with van der Waals surface area (Å²) in [5.41, 5.74) is 8.96. The van der Waals surface area contributed by atoms with Crippen LogP contribution in [0.15, 0.2) is 49.6 Å². The molecule has 2 heterocycles. The number of nitrogens with two attached hydrogens (primary N) is 1. The molecule has 2 rings (SSSR count). The lowest BCUT2D eigenvalue weighted by Crippen LogP contribution is -2.37. The summed E-state index contributed by atoms with van der Waals surface area (Å²) in [5.74, 6) is 0.751. The van der Waals surface area contributed by atoms with Gasteiger partial charge in [-0.3, -0.25) is 9.97 Å². The van der Waals surface area contributed by atoms with Crippen LogP contribution >= 0.6 is 0 Å². The first kappa shape index (κ1) is 16.0. The van der Waals surface area contributed by atoms with E-state index in [1.807, 2.05) is 24.4 Å². The topological polar surface area (TPSA) is 73.1 Å². The minimum Gasteiger partial charge on any atom is -0.490 e. The molecule has 5 nitrogen and oxygen atoms in total. The highest BCUT2D eigenvalue weighted by molar-refractivity contribution is 5.60. The third-order valence-electron chi connectivity index (χ3n) is 3.23. The summed E-state index contributed by atoms with van der Waals surface area (Å²) in [4.78, 5) is 8.21. The fourth-order valence-electron chi connectivity index (χ4n) is 1.90. The number of ether oxygens (including phenoxy) is 1. The highest BCUT2D eigenvalue weighted by Gasteiger charge is 2.06. The molecule has 116 valence electrons. The average Bonchev–Trinajstić information content (AvgIpc) is 2.58. The molecule has 2 aromatic rings. The van der Waals surface area contributed by atoms with Crippen molar-refractivity contribution in [1.29, 1.82) is 0 Å². The van der Waals surface area contributed by atoms with Crippen LogP contribution in [0.1, 0.15) is 18.1 Å². The first-order valence-corrected chi connectivity index (χ1v) is 7.34. The number of nitrogens with zero attached hydrogens (tertiary/aromatic N) is 2. The maximum atomic E-state index is 6.05. The van der Waals surface area contributed by atoms with Crippen molar-refractivity contribution in [1.82, 2.24) is 15.3 Å². The molecule has 0 saturated heterocycles. The van der Waals surface area contributed by atoms with Gasteiger partial charge in [0, 0.05) is 36.4 Å². The summed E-state index contributed by atoms with van der Waals surface area (Å²) in [7, 11) is 0. The van der Waals surface area contributed by atoms with Crippen molar-refractivity contribution in [2.45, 2.75) is 19.4 Å². The second-order valence-corrected chi connectivity index (χ2v) is 5.05. The van der Waals surface area contributed by atoms with E-state index in [0.29, 0.717) is 13.2 Å². The zero-order chi connectivity index (χ0) is 15.8. The number of hydrogen-bond acceptors (Lipinski definition) is 5. The Kier molecular flexibility index (Phi) is 5.91. The highest BCUT2D eigenvalue weighted by Crippen LogP contribution is 2.11. The molecule has 1 atom stereocenters. The van der Waals surface area contributed by atoms with Gasteiger partial charge in [0.1, 0.15) is 12.4 Å². The molecule has 0 radical (unpaired) electrons. The van der Waals surface area contributed by atoms with Crippen LogP contribution < -0.4 is 15.8 Å². The Morgan fingerprint density at radius 2 is 2.23 bits per heavy atom. The number of hydrogen-bond donors (Lipinski definition) is 2. The maximum Gasteiger partial charge on any atom is 0.137 e. The van der Waals surface area contributed by atoms with Gasteiger partial charge in [0.15, 0.2) is 0 Å². The van der Waals surface area contributed by atoms with Crippen LogP contribution in [0, 0.1) is 0 Å². The number of rotatable bonds is 8. The first-order valence-electron chi connectivity index (χ1n) is 7.34. The molecule has 0 aliphatic carbocycles. The summed E-state index contributed by atoms with van der Waals surface area (Å²) in [5, 5.41) is 3.20. The SMILES string of the molecule is C=C(NC[C@H](N)COc1cncc(CC)c1)c1cccnc1. The van der Waals surface area contributed by atoms with Gasteiger partial charge in [0.25, 0.3) is 0 Å². The summed E-state index contributed by atoms with van der Waals surface area (Å²) in [6.07, 6.45) is 7.97. The van der Waals surface area contributed by atoms with E-state index >= 15 is 0 Å². The van der Waals surface area contributed by atoms with E-state index in [1.54, 1.807) is 18.6 Å². The summed E-state index contributed by atoms with van der Waals surface area (Å²) < 4.78 is 5.68. The number of aryl methyl sites for hydroxylation is 1. The van der Waals surface area contributed by atoms with Crippen molar-refractivity contribution in [3.05, 3.63) is 60.7 Å². The van der Waals surface area contributed by atoms with Crippen LogP contribution in [0.2, 0.25) is 0 Å². The molecule has 0 saturated carbocycles. The second kappa shape index (κ2) is 8.14. The number of pyridine rings is 2. The molecule has 5 heteroatoms. The monoisotopic (exact) mass is 298 g/mol. The lowest BCUT2D eigenvalue weighted by molar-refractivity contribution is 0.286. The van der Waals surface area contributed by atoms with Gasteiger partial charge in [0.05, 0.1) is 12.2 Å². The minimum atomic E-state index is -0.140. The smallest absolute Gasteiger partial charge is 0.137 e. The van der Waals surface area contributed by atoms with Gasteiger partial charge in [-0.25, -0.2) is 0 Å². The number of nitrogens with one attached hydrogen (secondary N) is 1. The van der Waals surface area contributed by atoms with Crippen molar-refractivity contribution in [3.63, 3.8) is 0 Å². The molecule has 0 aliphatic heterocycles. The lowest BCUT2D eigenvalue weighted by Gasteiger charge is -2.16. The standard InChI is InChI=1S/C17H22N4O/c1-3-14-7-17(11-20-8-14)22-12-16(18)10-21-13(2)15-5-4-6-19-9-15/h4-9,11,16,21H,2-3,10,12,18H2,1H3/t16-/m0/s1. The fraction of sp³-hybridized carbons (Fsp3) is 0.294. The van der Waals surface area contributed by atoms with Crippen LogP contribution in [0.3, 0.4) is 0 Å². The van der Waals surface area contributed by atoms with Crippen LogP contribution in [-0.4, -0.2) is 29.2 Å². The molecule has 22 heavy (non-hydrogen) atoms. The largest absolute Gasteiger partial charge is 0.490 e. The van der Waals surface area contributed by atoms with Crippen molar-refractivity contribution >= 4 is 5.70 Å². The van der Waals surface area contributed by atoms with Crippen molar-refractivity contribution in [2.75, 3.05) is 13.2 Å². The molecule has 3 N–H and O–H groups in total. The van der Waals surface area contributed by atoms with E-state index in [0.717, 1.165) is 29.0 Å². The molecule has 0 unspecified atom stereocenters. The molecule has 0 spiro atoms. The normalized spacial score (nSPS) is 11.7. The van der Waals surface area contributed by atoms with Crippen molar-refractivity contribution in [2.24, 2.45) is 5.73 Å². The Bertz CT molecular complexity index is 601. The van der Waals surface area contributed by atoms with E-state index < -0.39 is 0 Å². The van der Waals surface area contributed by atoms with Crippen molar-refractivity contribution in [3.8, 4) is 5.75 Å². The zero-order valence-corrected chi connectivity index (χ0v) is 12.8. The summed E-state index contributed by atoms with van der Waals surface area (Å²) >= 11 is 0. The van der Waals surface area contributed by atoms with E-state index in [9.17, 15) is 0 Å². The fourth-order valence-corrected chi connectivity index (χ4v) is 1.90. The molecule has 0 bridgehead atoms. The van der Waals surface area contributed by atoms with E-state index in [-0.39, 0.29) is 6.04 Å². The summed E-state index contributed by atoms with van der Waals surface area (Å²) in [6, 6.07) is 5.67. The highest BCUT2D eigenvalue weighted by atomic mass is 16.5. The van der Waals surface area contributed by atoms with E-state index in [4.69, 9.17) is 10.5 Å². The van der Waals surface area contributed by atoms with Gasteiger partial charge in [-0.05, 0) is 30.2 Å². The predicted octanol–water partition coefficient (Wildman–Crippen LogP) is 2.01. The van der Waals surface area contributed by atoms with Crippen molar-refractivity contribution < 1.29 is 4.74 Å².